The molecule has 3 heteroatoms. The largest absolute Gasteiger partial charge is 0.349 e. The minimum Gasteiger partial charge on any atom is -0.349 e. The van der Waals surface area contributed by atoms with Crippen LogP contribution in [0.1, 0.15) is 29.7 Å². The smallest absolute Gasteiger partial charge is 0.230 e. The summed E-state index contributed by atoms with van der Waals surface area (Å²) in [5.74, 6) is 0.507. The van der Waals surface area contributed by atoms with Crippen LogP contribution in [0.2, 0.25) is 0 Å². The van der Waals surface area contributed by atoms with Gasteiger partial charge in [-0.1, -0.05) is 47.5 Å². The van der Waals surface area contributed by atoms with Gasteiger partial charge >= 0.3 is 0 Å². The lowest BCUT2D eigenvalue weighted by Crippen LogP contribution is -2.28. The third-order valence-corrected chi connectivity index (χ3v) is 4.36. The molecule has 2 rings (SSSR count). The number of carbonyl (C=O) groups excluding carboxylic acids is 1. The fourth-order valence-corrected chi connectivity index (χ4v) is 2.71. The second-order valence-corrected chi connectivity index (χ2v) is 6.35. The van der Waals surface area contributed by atoms with Crippen molar-refractivity contribution in [1.29, 1.82) is 0 Å². The molecular formula is C18H21NOS. The van der Waals surface area contributed by atoms with Gasteiger partial charge in [-0.25, -0.2) is 0 Å². The molecule has 21 heavy (non-hydrogen) atoms. The molecule has 2 aromatic rings. The SMILES string of the molecule is Cc1ccc(SCC(=O)NC(C)c2ccc(C)cc2)cc1. The van der Waals surface area contributed by atoms with Gasteiger partial charge in [0.25, 0.3) is 0 Å². The minimum atomic E-state index is 0.0386. The predicted molar refractivity (Wildman–Crippen MR) is 89.6 cm³/mol. The summed E-state index contributed by atoms with van der Waals surface area (Å²) in [6.45, 7) is 6.13. The molecule has 1 amide bonds. The molecule has 0 heterocycles. The Bertz CT molecular complexity index is 590. The van der Waals surface area contributed by atoms with Crippen molar-refractivity contribution >= 4 is 17.7 Å². The molecule has 110 valence electrons. The zero-order valence-electron chi connectivity index (χ0n) is 12.7. The lowest BCUT2D eigenvalue weighted by molar-refractivity contribution is -0.119. The second kappa shape index (κ2) is 7.32. The minimum absolute atomic E-state index is 0.0386. The van der Waals surface area contributed by atoms with Crippen molar-refractivity contribution in [2.45, 2.75) is 31.7 Å². The molecule has 1 atom stereocenters. The molecule has 0 aliphatic rings. The number of carbonyl (C=O) groups is 1. The van der Waals surface area contributed by atoms with Crippen LogP contribution in [0, 0.1) is 13.8 Å². The van der Waals surface area contributed by atoms with E-state index >= 15 is 0 Å². The van der Waals surface area contributed by atoms with Crippen LogP contribution in [0.15, 0.2) is 53.4 Å². The molecule has 2 nitrogen and oxygen atoms in total. The van der Waals surface area contributed by atoms with Crippen molar-refractivity contribution in [1.82, 2.24) is 5.32 Å². The third-order valence-electron chi connectivity index (χ3n) is 3.35. The first-order chi connectivity index (χ1) is 10.0. The van der Waals surface area contributed by atoms with Crippen LogP contribution in [-0.4, -0.2) is 11.7 Å². The van der Waals surface area contributed by atoms with E-state index in [9.17, 15) is 4.79 Å². The molecule has 0 bridgehead atoms. The fraction of sp³-hybridized carbons (Fsp3) is 0.278. The summed E-state index contributed by atoms with van der Waals surface area (Å²) in [6.07, 6.45) is 0. The first-order valence-corrected chi connectivity index (χ1v) is 8.08. The summed E-state index contributed by atoms with van der Waals surface area (Å²) in [6, 6.07) is 16.5. The zero-order valence-corrected chi connectivity index (χ0v) is 13.5. The Morgan fingerprint density at radius 2 is 1.52 bits per heavy atom. The van der Waals surface area contributed by atoms with E-state index in [1.54, 1.807) is 11.8 Å². The van der Waals surface area contributed by atoms with Gasteiger partial charge in [-0.2, -0.15) is 0 Å². The molecule has 1 unspecified atom stereocenters. The second-order valence-electron chi connectivity index (χ2n) is 5.30. The van der Waals surface area contributed by atoms with Crippen LogP contribution in [0.3, 0.4) is 0 Å². The Balaban J connectivity index is 1.83. The number of aryl methyl sites for hydroxylation is 2. The van der Waals surface area contributed by atoms with E-state index in [1.807, 2.05) is 6.92 Å². The first-order valence-electron chi connectivity index (χ1n) is 7.10. The number of thioether (sulfide) groups is 1. The van der Waals surface area contributed by atoms with E-state index in [2.05, 4.69) is 67.7 Å². The van der Waals surface area contributed by atoms with Crippen molar-refractivity contribution in [3.05, 3.63) is 65.2 Å². The number of amides is 1. The van der Waals surface area contributed by atoms with Gasteiger partial charge < -0.3 is 5.32 Å². The summed E-state index contributed by atoms with van der Waals surface area (Å²) >= 11 is 1.56. The van der Waals surface area contributed by atoms with Crippen LogP contribution in [0.4, 0.5) is 0 Å². The quantitative estimate of drug-likeness (QED) is 0.835. The third kappa shape index (κ3) is 4.94. The average Bonchev–Trinajstić information content (AvgIpc) is 2.47. The molecule has 0 radical (unpaired) electrons. The van der Waals surface area contributed by atoms with Crippen molar-refractivity contribution in [3.63, 3.8) is 0 Å². The predicted octanol–water partition coefficient (Wildman–Crippen LogP) is 4.27. The fourth-order valence-electron chi connectivity index (χ4n) is 2.00. The normalized spacial score (nSPS) is 12.0. The number of rotatable bonds is 5. The summed E-state index contributed by atoms with van der Waals surface area (Å²) in [5.41, 5.74) is 3.60. The van der Waals surface area contributed by atoms with Crippen LogP contribution >= 0.6 is 11.8 Å². The number of hydrogen-bond donors (Lipinski definition) is 1. The number of nitrogens with one attached hydrogen (secondary N) is 1. The molecule has 0 saturated heterocycles. The van der Waals surface area contributed by atoms with Crippen molar-refractivity contribution in [2.75, 3.05) is 5.75 Å². The Morgan fingerprint density at radius 1 is 1.00 bits per heavy atom. The zero-order chi connectivity index (χ0) is 15.2. The van der Waals surface area contributed by atoms with Crippen molar-refractivity contribution < 1.29 is 4.79 Å². The summed E-state index contributed by atoms with van der Waals surface area (Å²) in [4.78, 5) is 13.1. The van der Waals surface area contributed by atoms with Crippen LogP contribution in [0.25, 0.3) is 0 Å². The molecule has 2 aromatic carbocycles. The molecule has 0 aliphatic heterocycles. The standard InChI is InChI=1S/C18H21NOS/c1-13-4-8-16(9-5-13)15(3)19-18(20)12-21-17-10-6-14(2)7-11-17/h4-11,15H,12H2,1-3H3,(H,19,20). The first kappa shape index (κ1) is 15.6. The van der Waals surface area contributed by atoms with Crippen LogP contribution in [-0.2, 0) is 4.79 Å². The monoisotopic (exact) mass is 299 g/mol. The highest BCUT2D eigenvalue weighted by atomic mass is 32.2. The average molecular weight is 299 g/mol. The van der Waals surface area contributed by atoms with Gasteiger partial charge in [0.05, 0.1) is 11.8 Å². The maximum absolute atomic E-state index is 12.0. The molecule has 0 aliphatic carbocycles. The Kier molecular flexibility index (Phi) is 5.45. The Morgan fingerprint density at radius 3 is 2.10 bits per heavy atom. The Labute approximate surface area is 131 Å². The van der Waals surface area contributed by atoms with Crippen LogP contribution in [0.5, 0.6) is 0 Å². The van der Waals surface area contributed by atoms with Gasteiger partial charge in [0.2, 0.25) is 5.91 Å². The molecule has 0 aromatic heterocycles. The topological polar surface area (TPSA) is 29.1 Å². The van der Waals surface area contributed by atoms with E-state index in [0.717, 1.165) is 10.5 Å². The van der Waals surface area contributed by atoms with E-state index in [1.165, 1.54) is 11.1 Å². The number of hydrogen-bond acceptors (Lipinski definition) is 2. The van der Waals surface area contributed by atoms with Gasteiger partial charge in [-0.05, 0) is 38.5 Å². The Hall–Kier alpha value is -1.74. The highest BCUT2D eigenvalue weighted by Crippen LogP contribution is 2.19. The van der Waals surface area contributed by atoms with Gasteiger partial charge in [0.15, 0.2) is 0 Å². The van der Waals surface area contributed by atoms with Crippen molar-refractivity contribution in [3.8, 4) is 0 Å². The van der Waals surface area contributed by atoms with Gasteiger partial charge in [-0.3, -0.25) is 4.79 Å². The van der Waals surface area contributed by atoms with E-state index in [4.69, 9.17) is 0 Å². The van der Waals surface area contributed by atoms with E-state index in [0.29, 0.717) is 5.75 Å². The van der Waals surface area contributed by atoms with Crippen LogP contribution < -0.4 is 5.32 Å². The lowest BCUT2D eigenvalue weighted by Gasteiger charge is -2.14. The molecule has 1 N–H and O–H groups in total. The maximum Gasteiger partial charge on any atom is 0.230 e. The van der Waals surface area contributed by atoms with Crippen molar-refractivity contribution in [2.24, 2.45) is 0 Å². The molecule has 0 fully saturated rings. The summed E-state index contributed by atoms with van der Waals surface area (Å²) in [5, 5.41) is 3.04. The van der Waals surface area contributed by atoms with Gasteiger partial charge in [0, 0.05) is 4.90 Å². The van der Waals surface area contributed by atoms with E-state index < -0.39 is 0 Å². The molecular weight excluding hydrogens is 278 g/mol. The van der Waals surface area contributed by atoms with Gasteiger partial charge in [0.1, 0.15) is 0 Å². The highest BCUT2D eigenvalue weighted by molar-refractivity contribution is 8.00. The molecule has 0 saturated carbocycles. The summed E-state index contributed by atoms with van der Waals surface area (Å²) in [7, 11) is 0. The highest BCUT2D eigenvalue weighted by Gasteiger charge is 2.09. The number of benzene rings is 2. The van der Waals surface area contributed by atoms with E-state index in [-0.39, 0.29) is 11.9 Å². The molecule has 0 spiro atoms. The van der Waals surface area contributed by atoms with Gasteiger partial charge in [-0.15, -0.1) is 11.8 Å². The lowest BCUT2D eigenvalue weighted by atomic mass is 10.1. The maximum atomic E-state index is 12.0. The summed E-state index contributed by atoms with van der Waals surface area (Å²) < 4.78 is 0.